The van der Waals surface area contributed by atoms with E-state index in [1.807, 2.05) is 15.7 Å². The van der Waals surface area contributed by atoms with E-state index >= 15 is 0 Å². The van der Waals surface area contributed by atoms with Gasteiger partial charge in [0.1, 0.15) is 12.4 Å². The van der Waals surface area contributed by atoms with Crippen LogP contribution in [-0.4, -0.2) is 53.7 Å². The lowest BCUT2D eigenvalue weighted by Gasteiger charge is -2.16. The Hall–Kier alpha value is -1.40. The Balaban J connectivity index is 1.82. The van der Waals surface area contributed by atoms with Crippen molar-refractivity contribution >= 4 is 5.91 Å². The zero-order valence-electron chi connectivity index (χ0n) is 11.5. The van der Waals surface area contributed by atoms with Crippen LogP contribution in [0.15, 0.2) is 12.4 Å². The summed E-state index contributed by atoms with van der Waals surface area (Å²) in [6.45, 7) is 4.30. The minimum absolute atomic E-state index is 0.189. The lowest BCUT2D eigenvalue weighted by atomic mass is 10.4. The second kappa shape index (κ2) is 7.25. The number of rotatable bonds is 7. The van der Waals surface area contributed by atoms with Crippen LogP contribution < -0.4 is 5.32 Å². The van der Waals surface area contributed by atoms with Gasteiger partial charge in [-0.05, 0) is 12.8 Å². The molecule has 1 aromatic rings. The molecule has 1 aliphatic rings. The van der Waals surface area contributed by atoms with Crippen LogP contribution in [0.5, 0.6) is 0 Å². The Morgan fingerprint density at radius 3 is 3.00 bits per heavy atom. The summed E-state index contributed by atoms with van der Waals surface area (Å²) < 4.78 is 6.89. The predicted molar refractivity (Wildman–Crippen MR) is 71.6 cm³/mol. The van der Waals surface area contributed by atoms with Gasteiger partial charge < -0.3 is 19.5 Å². The molecule has 1 N–H and O–H groups in total. The third-order valence-corrected chi connectivity index (χ3v) is 3.33. The van der Waals surface area contributed by atoms with E-state index in [1.54, 1.807) is 13.3 Å². The fourth-order valence-electron chi connectivity index (χ4n) is 2.24. The molecule has 1 fully saturated rings. The number of aromatic nitrogens is 2. The maximum Gasteiger partial charge on any atom is 0.242 e. The van der Waals surface area contributed by atoms with E-state index in [2.05, 4.69) is 10.3 Å². The summed E-state index contributed by atoms with van der Waals surface area (Å²) in [5, 5.41) is 3.24. The number of likely N-dealkylation sites (tertiary alicyclic amines) is 1. The molecule has 0 radical (unpaired) electrons. The molecule has 1 aliphatic heterocycles. The number of nitrogens with zero attached hydrogens (tertiary/aromatic N) is 3. The van der Waals surface area contributed by atoms with Crippen LogP contribution >= 0.6 is 0 Å². The number of carbonyl (C=O) groups is 1. The second-order valence-corrected chi connectivity index (χ2v) is 4.73. The average Bonchev–Trinajstić information content (AvgIpc) is 3.06. The zero-order valence-corrected chi connectivity index (χ0v) is 11.5. The zero-order chi connectivity index (χ0) is 13.5. The minimum atomic E-state index is 0.189. The molecule has 6 heteroatoms. The highest BCUT2D eigenvalue weighted by Crippen LogP contribution is 2.09. The normalized spacial score (nSPS) is 15.1. The largest absolute Gasteiger partial charge is 0.383 e. The molecule has 2 heterocycles. The minimum Gasteiger partial charge on any atom is -0.383 e. The summed E-state index contributed by atoms with van der Waals surface area (Å²) in [5.41, 5.74) is 0. The maximum atomic E-state index is 12.1. The number of imidazole rings is 1. The summed E-state index contributed by atoms with van der Waals surface area (Å²) in [6, 6.07) is 0. The fraction of sp³-hybridized carbons (Fsp3) is 0.692. The SMILES string of the molecule is COCCNCc1nccn1CC(=O)N1CCCC1. The van der Waals surface area contributed by atoms with Crippen molar-refractivity contribution in [1.82, 2.24) is 19.8 Å². The highest BCUT2D eigenvalue weighted by Gasteiger charge is 2.18. The number of carbonyl (C=O) groups excluding carboxylic acids is 1. The Kier molecular flexibility index (Phi) is 5.35. The first-order chi connectivity index (χ1) is 9.31. The molecule has 1 saturated heterocycles. The van der Waals surface area contributed by atoms with Crippen molar-refractivity contribution in [2.75, 3.05) is 33.4 Å². The van der Waals surface area contributed by atoms with Gasteiger partial charge in [0.25, 0.3) is 0 Å². The molecule has 0 atom stereocenters. The molecule has 6 nitrogen and oxygen atoms in total. The quantitative estimate of drug-likeness (QED) is 0.718. The molecule has 0 spiro atoms. The van der Waals surface area contributed by atoms with Gasteiger partial charge in [-0.25, -0.2) is 4.98 Å². The molecule has 0 aliphatic carbocycles. The second-order valence-electron chi connectivity index (χ2n) is 4.73. The van der Waals surface area contributed by atoms with Gasteiger partial charge in [0.15, 0.2) is 0 Å². The van der Waals surface area contributed by atoms with Gasteiger partial charge in [-0.15, -0.1) is 0 Å². The predicted octanol–water partition coefficient (Wildman–Crippen LogP) is 0.242. The van der Waals surface area contributed by atoms with Crippen molar-refractivity contribution in [2.24, 2.45) is 0 Å². The van der Waals surface area contributed by atoms with Crippen LogP contribution in [0.2, 0.25) is 0 Å². The van der Waals surface area contributed by atoms with E-state index in [9.17, 15) is 4.79 Å². The van der Waals surface area contributed by atoms with Gasteiger partial charge in [-0.3, -0.25) is 4.79 Å². The number of hydrogen-bond acceptors (Lipinski definition) is 4. The van der Waals surface area contributed by atoms with Gasteiger partial charge in [-0.1, -0.05) is 0 Å². The number of amides is 1. The van der Waals surface area contributed by atoms with Crippen LogP contribution in [-0.2, 0) is 22.6 Å². The lowest BCUT2D eigenvalue weighted by molar-refractivity contribution is -0.130. The van der Waals surface area contributed by atoms with Crippen LogP contribution in [0.25, 0.3) is 0 Å². The topological polar surface area (TPSA) is 59.4 Å². The Morgan fingerprint density at radius 1 is 1.47 bits per heavy atom. The van der Waals surface area contributed by atoms with Crippen molar-refractivity contribution in [1.29, 1.82) is 0 Å². The summed E-state index contributed by atoms with van der Waals surface area (Å²) in [6.07, 6.45) is 5.86. The Bertz CT molecular complexity index is 399. The fourth-order valence-corrected chi connectivity index (χ4v) is 2.24. The van der Waals surface area contributed by atoms with Crippen molar-refractivity contribution in [2.45, 2.75) is 25.9 Å². The monoisotopic (exact) mass is 266 g/mol. The van der Waals surface area contributed by atoms with E-state index in [0.717, 1.165) is 38.3 Å². The maximum absolute atomic E-state index is 12.1. The number of methoxy groups -OCH3 is 1. The van der Waals surface area contributed by atoms with Gasteiger partial charge in [-0.2, -0.15) is 0 Å². The van der Waals surface area contributed by atoms with Crippen molar-refractivity contribution in [3.63, 3.8) is 0 Å². The Labute approximate surface area is 113 Å². The van der Waals surface area contributed by atoms with E-state index in [0.29, 0.717) is 19.7 Å². The standard InChI is InChI=1S/C13H22N4O2/c1-19-9-5-14-10-12-15-4-8-17(12)11-13(18)16-6-2-3-7-16/h4,8,14H,2-3,5-7,9-11H2,1H3. The number of ether oxygens (including phenoxy) is 1. The van der Waals surface area contributed by atoms with Crippen LogP contribution in [0.4, 0.5) is 0 Å². The van der Waals surface area contributed by atoms with Crippen LogP contribution in [0.1, 0.15) is 18.7 Å². The molecule has 0 bridgehead atoms. The molecule has 0 unspecified atom stereocenters. The average molecular weight is 266 g/mol. The molecule has 2 rings (SSSR count). The molecule has 1 aromatic heterocycles. The van der Waals surface area contributed by atoms with Gasteiger partial charge in [0, 0.05) is 39.1 Å². The van der Waals surface area contributed by atoms with Gasteiger partial charge in [0.2, 0.25) is 5.91 Å². The van der Waals surface area contributed by atoms with Crippen LogP contribution in [0.3, 0.4) is 0 Å². The van der Waals surface area contributed by atoms with E-state index in [1.165, 1.54) is 0 Å². The summed E-state index contributed by atoms with van der Waals surface area (Å²) in [7, 11) is 1.68. The third kappa shape index (κ3) is 4.04. The van der Waals surface area contributed by atoms with Crippen LogP contribution in [0, 0.1) is 0 Å². The van der Waals surface area contributed by atoms with Crippen molar-refractivity contribution in [3.05, 3.63) is 18.2 Å². The first kappa shape index (κ1) is 14.0. The first-order valence-corrected chi connectivity index (χ1v) is 6.78. The highest BCUT2D eigenvalue weighted by molar-refractivity contribution is 5.76. The molecule has 106 valence electrons. The summed E-state index contributed by atoms with van der Waals surface area (Å²) >= 11 is 0. The molecule has 0 saturated carbocycles. The summed E-state index contributed by atoms with van der Waals surface area (Å²) in [5.74, 6) is 1.08. The third-order valence-electron chi connectivity index (χ3n) is 3.33. The molecular formula is C13H22N4O2. The van der Waals surface area contributed by atoms with Crippen molar-refractivity contribution in [3.8, 4) is 0 Å². The van der Waals surface area contributed by atoms with E-state index in [4.69, 9.17) is 4.74 Å². The number of hydrogen-bond donors (Lipinski definition) is 1. The van der Waals surface area contributed by atoms with Gasteiger partial charge in [0.05, 0.1) is 13.2 Å². The molecular weight excluding hydrogens is 244 g/mol. The smallest absolute Gasteiger partial charge is 0.242 e. The van der Waals surface area contributed by atoms with E-state index in [-0.39, 0.29) is 5.91 Å². The first-order valence-electron chi connectivity index (χ1n) is 6.78. The molecule has 19 heavy (non-hydrogen) atoms. The van der Waals surface area contributed by atoms with Crippen molar-refractivity contribution < 1.29 is 9.53 Å². The molecule has 0 aromatic carbocycles. The number of nitrogens with one attached hydrogen (secondary N) is 1. The highest BCUT2D eigenvalue weighted by atomic mass is 16.5. The lowest BCUT2D eigenvalue weighted by Crippen LogP contribution is -2.32. The Morgan fingerprint density at radius 2 is 2.26 bits per heavy atom. The van der Waals surface area contributed by atoms with E-state index < -0.39 is 0 Å². The molecule has 1 amide bonds. The summed E-state index contributed by atoms with van der Waals surface area (Å²) in [4.78, 5) is 18.3. The van der Waals surface area contributed by atoms with Gasteiger partial charge >= 0.3 is 0 Å².